The first-order valence-corrected chi connectivity index (χ1v) is 6.14. The summed E-state index contributed by atoms with van der Waals surface area (Å²) in [6.07, 6.45) is 8.09. The Labute approximate surface area is 98.4 Å². The van der Waals surface area contributed by atoms with Gasteiger partial charge in [-0.1, -0.05) is 13.8 Å². The lowest BCUT2D eigenvalue weighted by Crippen LogP contribution is -2.29. The first-order valence-electron chi connectivity index (χ1n) is 6.14. The zero-order valence-electron chi connectivity index (χ0n) is 10.9. The fourth-order valence-electron chi connectivity index (χ4n) is 2.75. The second-order valence-electron chi connectivity index (χ2n) is 6.00. The summed E-state index contributed by atoms with van der Waals surface area (Å²) in [5.41, 5.74) is 1.85. The number of aromatic nitrogens is 2. The van der Waals surface area contributed by atoms with Gasteiger partial charge in [0, 0.05) is 31.4 Å². The molecule has 1 saturated carbocycles. The molecule has 2 rings (SSSR count). The SMILES string of the molecule is CN(Cc1cnn(C)c1)C1CCC(C)(C)C1. The van der Waals surface area contributed by atoms with Gasteiger partial charge in [0.2, 0.25) is 0 Å². The van der Waals surface area contributed by atoms with Crippen molar-refractivity contribution in [3.8, 4) is 0 Å². The summed E-state index contributed by atoms with van der Waals surface area (Å²) >= 11 is 0. The normalized spacial score (nSPS) is 24.2. The Morgan fingerprint density at radius 3 is 2.81 bits per heavy atom. The maximum Gasteiger partial charge on any atom is 0.0534 e. The molecule has 0 aliphatic heterocycles. The molecule has 0 N–H and O–H groups in total. The van der Waals surface area contributed by atoms with Crippen LogP contribution in [0.25, 0.3) is 0 Å². The number of hydrogen-bond acceptors (Lipinski definition) is 2. The van der Waals surface area contributed by atoms with Crippen LogP contribution in [-0.2, 0) is 13.6 Å². The van der Waals surface area contributed by atoms with E-state index in [0.29, 0.717) is 5.41 Å². The Hall–Kier alpha value is -0.830. The van der Waals surface area contributed by atoms with Crippen molar-refractivity contribution in [3.05, 3.63) is 18.0 Å². The molecule has 1 aromatic rings. The van der Waals surface area contributed by atoms with Gasteiger partial charge in [0.1, 0.15) is 0 Å². The molecule has 0 spiro atoms. The van der Waals surface area contributed by atoms with Gasteiger partial charge >= 0.3 is 0 Å². The summed E-state index contributed by atoms with van der Waals surface area (Å²) < 4.78 is 1.88. The van der Waals surface area contributed by atoms with E-state index in [1.807, 2.05) is 17.9 Å². The van der Waals surface area contributed by atoms with E-state index in [4.69, 9.17) is 0 Å². The van der Waals surface area contributed by atoms with Gasteiger partial charge in [-0.15, -0.1) is 0 Å². The van der Waals surface area contributed by atoms with Crippen molar-refractivity contribution in [3.63, 3.8) is 0 Å². The standard InChI is InChI=1S/C13H23N3/c1-13(2)6-5-12(7-13)15(3)9-11-8-14-16(4)10-11/h8,10,12H,5-7,9H2,1-4H3. The lowest BCUT2D eigenvalue weighted by molar-refractivity contribution is 0.220. The molecule has 1 aliphatic carbocycles. The van der Waals surface area contributed by atoms with Crippen LogP contribution in [0.2, 0.25) is 0 Å². The van der Waals surface area contributed by atoms with Crippen LogP contribution in [0.5, 0.6) is 0 Å². The lowest BCUT2D eigenvalue weighted by atomic mass is 9.91. The van der Waals surface area contributed by atoms with Gasteiger partial charge in [-0.3, -0.25) is 9.58 Å². The van der Waals surface area contributed by atoms with Gasteiger partial charge in [0.25, 0.3) is 0 Å². The van der Waals surface area contributed by atoms with Gasteiger partial charge in [0.15, 0.2) is 0 Å². The molecule has 0 saturated heterocycles. The van der Waals surface area contributed by atoms with Gasteiger partial charge in [-0.05, 0) is 31.7 Å². The fraction of sp³-hybridized carbons (Fsp3) is 0.769. The third-order valence-corrected chi connectivity index (χ3v) is 3.76. The Morgan fingerprint density at radius 2 is 2.31 bits per heavy atom. The molecule has 3 nitrogen and oxygen atoms in total. The molecule has 0 radical (unpaired) electrons. The average molecular weight is 221 g/mol. The van der Waals surface area contributed by atoms with Crippen molar-refractivity contribution >= 4 is 0 Å². The van der Waals surface area contributed by atoms with E-state index >= 15 is 0 Å². The predicted octanol–water partition coefficient (Wildman–Crippen LogP) is 2.43. The zero-order valence-corrected chi connectivity index (χ0v) is 10.9. The van der Waals surface area contributed by atoms with Crippen molar-refractivity contribution in [1.29, 1.82) is 0 Å². The van der Waals surface area contributed by atoms with E-state index in [2.05, 4.69) is 37.1 Å². The first-order chi connectivity index (χ1) is 7.46. The monoisotopic (exact) mass is 221 g/mol. The third kappa shape index (κ3) is 2.64. The fourth-order valence-corrected chi connectivity index (χ4v) is 2.75. The maximum absolute atomic E-state index is 4.21. The molecule has 1 aliphatic rings. The van der Waals surface area contributed by atoms with Crippen LogP contribution < -0.4 is 0 Å². The quantitative estimate of drug-likeness (QED) is 0.781. The van der Waals surface area contributed by atoms with Crippen LogP contribution in [0, 0.1) is 5.41 Å². The van der Waals surface area contributed by atoms with E-state index in [0.717, 1.165) is 12.6 Å². The minimum atomic E-state index is 0.536. The lowest BCUT2D eigenvalue weighted by Gasteiger charge is -2.25. The van der Waals surface area contributed by atoms with E-state index in [1.165, 1.54) is 24.8 Å². The highest BCUT2D eigenvalue weighted by molar-refractivity contribution is 5.04. The second kappa shape index (κ2) is 4.21. The second-order valence-corrected chi connectivity index (χ2v) is 6.00. The van der Waals surface area contributed by atoms with Crippen LogP contribution in [0.4, 0.5) is 0 Å². The Morgan fingerprint density at radius 1 is 1.56 bits per heavy atom. The molecule has 1 heterocycles. The highest BCUT2D eigenvalue weighted by Gasteiger charge is 2.32. The minimum absolute atomic E-state index is 0.536. The molecular weight excluding hydrogens is 198 g/mol. The van der Waals surface area contributed by atoms with Crippen LogP contribution in [0.1, 0.15) is 38.7 Å². The zero-order chi connectivity index (χ0) is 11.8. The number of nitrogens with zero attached hydrogens (tertiary/aromatic N) is 3. The average Bonchev–Trinajstić information content (AvgIpc) is 2.72. The van der Waals surface area contributed by atoms with Crippen molar-refractivity contribution < 1.29 is 0 Å². The van der Waals surface area contributed by atoms with E-state index < -0.39 is 0 Å². The van der Waals surface area contributed by atoms with Crippen molar-refractivity contribution in [2.24, 2.45) is 12.5 Å². The van der Waals surface area contributed by atoms with Crippen LogP contribution in [0.15, 0.2) is 12.4 Å². The van der Waals surface area contributed by atoms with Gasteiger partial charge < -0.3 is 0 Å². The van der Waals surface area contributed by atoms with Crippen molar-refractivity contribution in [2.75, 3.05) is 7.05 Å². The van der Waals surface area contributed by atoms with Crippen LogP contribution >= 0.6 is 0 Å². The summed E-state index contributed by atoms with van der Waals surface area (Å²) in [6.45, 7) is 5.78. The molecule has 16 heavy (non-hydrogen) atoms. The Balaban J connectivity index is 1.91. The van der Waals surface area contributed by atoms with Gasteiger partial charge in [0.05, 0.1) is 6.20 Å². The summed E-state index contributed by atoms with van der Waals surface area (Å²) in [4.78, 5) is 2.48. The third-order valence-electron chi connectivity index (χ3n) is 3.76. The number of hydrogen-bond donors (Lipinski definition) is 0. The molecule has 3 heteroatoms. The molecule has 1 atom stereocenters. The summed E-state index contributed by atoms with van der Waals surface area (Å²) in [6, 6.07) is 0.746. The molecule has 0 aromatic carbocycles. The van der Waals surface area contributed by atoms with E-state index in [1.54, 1.807) is 0 Å². The maximum atomic E-state index is 4.21. The number of aryl methyl sites for hydroxylation is 1. The predicted molar refractivity (Wildman–Crippen MR) is 66.1 cm³/mol. The highest BCUT2D eigenvalue weighted by atomic mass is 15.2. The summed E-state index contributed by atoms with van der Waals surface area (Å²) in [5, 5.41) is 4.21. The molecule has 1 unspecified atom stereocenters. The van der Waals surface area contributed by atoms with Crippen molar-refractivity contribution in [2.45, 2.75) is 45.7 Å². The smallest absolute Gasteiger partial charge is 0.0534 e. The Kier molecular flexibility index (Phi) is 3.06. The molecule has 1 fully saturated rings. The molecule has 1 aromatic heterocycles. The number of rotatable bonds is 3. The minimum Gasteiger partial charge on any atom is -0.299 e. The Bertz CT molecular complexity index is 354. The van der Waals surface area contributed by atoms with E-state index in [9.17, 15) is 0 Å². The van der Waals surface area contributed by atoms with Gasteiger partial charge in [-0.25, -0.2) is 0 Å². The van der Waals surface area contributed by atoms with Gasteiger partial charge in [-0.2, -0.15) is 5.10 Å². The molecule has 0 bridgehead atoms. The molecule has 90 valence electrons. The van der Waals surface area contributed by atoms with E-state index in [-0.39, 0.29) is 0 Å². The van der Waals surface area contributed by atoms with Crippen LogP contribution in [-0.4, -0.2) is 27.8 Å². The molecular formula is C13H23N3. The first kappa shape index (κ1) is 11.6. The largest absolute Gasteiger partial charge is 0.299 e. The van der Waals surface area contributed by atoms with Crippen molar-refractivity contribution in [1.82, 2.24) is 14.7 Å². The summed E-state index contributed by atoms with van der Waals surface area (Å²) in [7, 11) is 4.21. The topological polar surface area (TPSA) is 21.1 Å². The molecule has 0 amide bonds. The highest BCUT2D eigenvalue weighted by Crippen LogP contribution is 2.39. The summed E-state index contributed by atoms with van der Waals surface area (Å²) in [5.74, 6) is 0. The van der Waals surface area contributed by atoms with Crippen LogP contribution in [0.3, 0.4) is 0 Å².